The molecule has 1 N–H and O–H groups in total. The first-order valence-corrected chi connectivity index (χ1v) is 5.32. The monoisotopic (exact) mass is 254 g/mol. The molecule has 0 atom stereocenters. The average Bonchev–Trinajstić information content (AvgIpc) is 2.15. The summed E-state index contributed by atoms with van der Waals surface area (Å²) in [5.41, 5.74) is 2.85. The molecule has 14 heavy (non-hydrogen) atoms. The number of alkyl halides is 1. The fourth-order valence-corrected chi connectivity index (χ4v) is 1.73. The molecule has 0 aliphatic rings. The molecule has 0 aliphatic heterocycles. The minimum Gasteiger partial charge on any atom is -0.478 e. The lowest BCUT2D eigenvalue weighted by Gasteiger charge is -2.06. The first-order valence-electron chi connectivity index (χ1n) is 4.20. The van der Waals surface area contributed by atoms with Crippen molar-refractivity contribution in [1.29, 1.82) is 0 Å². The van der Waals surface area contributed by atoms with Gasteiger partial charge in [-0.15, -0.1) is 0 Å². The summed E-state index contributed by atoms with van der Waals surface area (Å²) in [4.78, 5) is 10.6. The van der Waals surface area contributed by atoms with Crippen LogP contribution in [0.1, 0.15) is 11.1 Å². The molecule has 0 bridgehead atoms. The molecule has 0 amide bonds. The second-order valence-corrected chi connectivity index (χ2v) is 3.52. The summed E-state index contributed by atoms with van der Waals surface area (Å²) >= 11 is 3.28. The largest absolute Gasteiger partial charge is 0.478 e. The van der Waals surface area contributed by atoms with E-state index in [4.69, 9.17) is 5.11 Å². The summed E-state index contributed by atoms with van der Waals surface area (Å²) in [6.07, 6.45) is 1.23. The van der Waals surface area contributed by atoms with Crippen LogP contribution in [0.3, 0.4) is 0 Å². The van der Waals surface area contributed by atoms with Gasteiger partial charge in [-0.05, 0) is 23.6 Å². The predicted molar refractivity (Wildman–Crippen MR) is 60.6 cm³/mol. The molecule has 1 aromatic rings. The van der Waals surface area contributed by atoms with E-state index >= 15 is 0 Å². The summed E-state index contributed by atoms with van der Waals surface area (Å²) in [6, 6.07) is 7.73. The standard InChI is InChI=1S/C11H11BrO2/c1-8-4-2-3-5-10(8)9(7-12)6-11(13)14/h2-6H,7H2,1H3,(H,13,14). The lowest BCUT2D eigenvalue weighted by Crippen LogP contribution is -1.95. The van der Waals surface area contributed by atoms with Crippen LogP contribution in [-0.4, -0.2) is 16.4 Å². The summed E-state index contributed by atoms with van der Waals surface area (Å²) in [7, 11) is 0. The van der Waals surface area contributed by atoms with Gasteiger partial charge in [0.05, 0.1) is 0 Å². The van der Waals surface area contributed by atoms with Crippen LogP contribution in [0.4, 0.5) is 0 Å². The summed E-state index contributed by atoms with van der Waals surface area (Å²) < 4.78 is 0. The predicted octanol–water partition coefficient (Wildman–Crippen LogP) is 2.86. The zero-order valence-corrected chi connectivity index (χ0v) is 9.41. The van der Waals surface area contributed by atoms with Crippen LogP contribution in [0.2, 0.25) is 0 Å². The Kier molecular flexibility index (Phi) is 3.89. The van der Waals surface area contributed by atoms with Gasteiger partial charge >= 0.3 is 5.97 Å². The Balaban J connectivity index is 3.13. The van der Waals surface area contributed by atoms with Crippen molar-refractivity contribution in [1.82, 2.24) is 0 Å². The number of hydrogen-bond acceptors (Lipinski definition) is 1. The second-order valence-electron chi connectivity index (χ2n) is 2.96. The van der Waals surface area contributed by atoms with Gasteiger partial charge in [0.25, 0.3) is 0 Å². The van der Waals surface area contributed by atoms with E-state index in [1.165, 1.54) is 6.08 Å². The maximum absolute atomic E-state index is 10.6. The average molecular weight is 255 g/mol. The van der Waals surface area contributed by atoms with E-state index in [-0.39, 0.29) is 0 Å². The molecule has 0 radical (unpaired) electrons. The van der Waals surface area contributed by atoms with Gasteiger partial charge in [-0.3, -0.25) is 0 Å². The molecule has 0 heterocycles. The van der Waals surface area contributed by atoms with Crippen molar-refractivity contribution in [2.24, 2.45) is 0 Å². The lowest BCUT2D eigenvalue weighted by molar-refractivity contribution is -0.131. The molecule has 2 nitrogen and oxygen atoms in total. The molecule has 0 saturated carbocycles. The van der Waals surface area contributed by atoms with Crippen molar-refractivity contribution in [2.75, 3.05) is 5.33 Å². The van der Waals surface area contributed by atoms with E-state index in [2.05, 4.69) is 15.9 Å². The Morgan fingerprint density at radius 1 is 1.50 bits per heavy atom. The fourth-order valence-electron chi connectivity index (χ4n) is 1.27. The first kappa shape index (κ1) is 11.0. The van der Waals surface area contributed by atoms with Crippen LogP contribution >= 0.6 is 15.9 Å². The Hall–Kier alpha value is -1.09. The number of hydrogen-bond donors (Lipinski definition) is 1. The highest BCUT2D eigenvalue weighted by Crippen LogP contribution is 2.20. The molecule has 0 fully saturated rings. The maximum Gasteiger partial charge on any atom is 0.328 e. The molecule has 0 aromatic heterocycles. The molecule has 1 aromatic carbocycles. The van der Waals surface area contributed by atoms with Crippen LogP contribution in [0, 0.1) is 6.92 Å². The highest BCUT2D eigenvalue weighted by Gasteiger charge is 2.04. The van der Waals surface area contributed by atoms with Crippen LogP contribution in [0.5, 0.6) is 0 Å². The third-order valence-corrected chi connectivity index (χ3v) is 2.54. The van der Waals surface area contributed by atoms with Gasteiger partial charge in [-0.2, -0.15) is 0 Å². The second kappa shape index (κ2) is 4.96. The van der Waals surface area contributed by atoms with E-state index < -0.39 is 5.97 Å². The highest BCUT2D eigenvalue weighted by molar-refractivity contribution is 9.09. The molecular weight excluding hydrogens is 244 g/mol. The van der Waals surface area contributed by atoms with E-state index in [0.717, 1.165) is 16.7 Å². The van der Waals surface area contributed by atoms with Gasteiger partial charge in [0.1, 0.15) is 0 Å². The summed E-state index contributed by atoms with van der Waals surface area (Å²) in [5.74, 6) is -0.914. The van der Waals surface area contributed by atoms with Crippen LogP contribution in [0.25, 0.3) is 5.57 Å². The van der Waals surface area contributed by atoms with Crippen molar-refractivity contribution in [3.8, 4) is 0 Å². The van der Waals surface area contributed by atoms with Crippen molar-refractivity contribution in [3.05, 3.63) is 41.5 Å². The Morgan fingerprint density at radius 3 is 2.64 bits per heavy atom. The van der Waals surface area contributed by atoms with Crippen molar-refractivity contribution in [3.63, 3.8) is 0 Å². The van der Waals surface area contributed by atoms with E-state index in [1.807, 2.05) is 31.2 Å². The van der Waals surface area contributed by atoms with Gasteiger partial charge in [-0.1, -0.05) is 40.2 Å². The maximum atomic E-state index is 10.6. The smallest absolute Gasteiger partial charge is 0.328 e. The Bertz CT molecular complexity index is 369. The SMILES string of the molecule is Cc1ccccc1C(=CC(=O)O)CBr. The number of benzene rings is 1. The summed E-state index contributed by atoms with van der Waals surface area (Å²) in [5, 5.41) is 9.22. The molecule has 1 rings (SSSR count). The number of aryl methyl sites for hydroxylation is 1. The number of rotatable bonds is 3. The van der Waals surface area contributed by atoms with Crippen LogP contribution in [-0.2, 0) is 4.79 Å². The third kappa shape index (κ3) is 2.70. The molecule has 0 unspecified atom stereocenters. The molecule has 0 aliphatic carbocycles. The minimum absolute atomic E-state index is 0.546. The number of halogens is 1. The van der Waals surface area contributed by atoms with Crippen LogP contribution < -0.4 is 0 Å². The van der Waals surface area contributed by atoms with E-state index in [0.29, 0.717) is 5.33 Å². The summed E-state index contributed by atoms with van der Waals surface area (Å²) in [6.45, 7) is 1.97. The first-order chi connectivity index (χ1) is 6.65. The molecule has 74 valence electrons. The normalized spacial score (nSPS) is 11.4. The van der Waals surface area contributed by atoms with Gasteiger partial charge in [-0.25, -0.2) is 4.79 Å². The number of carboxylic acids is 1. The fraction of sp³-hybridized carbons (Fsp3) is 0.182. The zero-order valence-electron chi connectivity index (χ0n) is 7.83. The van der Waals surface area contributed by atoms with Crippen LogP contribution in [0.15, 0.2) is 30.3 Å². The van der Waals surface area contributed by atoms with Gasteiger partial charge < -0.3 is 5.11 Å². The van der Waals surface area contributed by atoms with E-state index in [1.54, 1.807) is 0 Å². The number of allylic oxidation sites excluding steroid dienone is 1. The van der Waals surface area contributed by atoms with Gasteiger partial charge in [0, 0.05) is 11.4 Å². The Labute approximate surface area is 91.4 Å². The molecule has 0 saturated heterocycles. The van der Waals surface area contributed by atoms with E-state index in [9.17, 15) is 4.79 Å². The molecular formula is C11H11BrO2. The Morgan fingerprint density at radius 2 is 2.14 bits per heavy atom. The highest BCUT2D eigenvalue weighted by atomic mass is 79.9. The van der Waals surface area contributed by atoms with Crippen molar-refractivity contribution < 1.29 is 9.90 Å². The van der Waals surface area contributed by atoms with Crippen molar-refractivity contribution in [2.45, 2.75) is 6.92 Å². The lowest BCUT2D eigenvalue weighted by atomic mass is 10.0. The number of aliphatic carboxylic acids is 1. The topological polar surface area (TPSA) is 37.3 Å². The van der Waals surface area contributed by atoms with Crippen molar-refractivity contribution >= 4 is 27.5 Å². The van der Waals surface area contributed by atoms with Gasteiger partial charge in [0.15, 0.2) is 0 Å². The number of carbonyl (C=O) groups is 1. The zero-order chi connectivity index (χ0) is 10.6. The third-order valence-electron chi connectivity index (χ3n) is 1.93. The molecule has 3 heteroatoms. The number of carboxylic acid groups (broad SMARTS) is 1. The molecule has 0 spiro atoms. The minimum atomic E-state index is -0.914. The quantitative estimate of drug-likeness (QED) is 0.666. The van der Waals surface area contributed by atoms with Gasteiger partial charge in [0.2, 0.25) is 0 Å².